The maximum atomic E-state index is 13.5. The van der Waals surface area contributed by atoms with Crippen LogP contribution in [0.1, 0.15) is 57.2 Å². The van der Waals surface area contributed by atoms with Gasteiger partial charge in [0.25, 0.3) is 0 Å². The lowest BCUT2D eigenvalue weighted by atomic mass is 9.87. The van der Waals surface area contributed by atoms with Crippen molar-refractivity contribution in [2.45, 2.75) is 70.7 Å². The Kier molecular flexibility index (Phi) is 15.8. The molecule has 1 heterocycles. The number of fused-ring (bicyclic) bond motifs is 1. The van der Waals surface area contributed by atoms with Crippen molar-refractivity contribution in [2.75, 3.05) is 19.8 Å². The topological polar surface area (TPSA) is 97.0 Å². The van der Waals surface area contributed by atoms with Crippen LogP contribution in [0.15, 0.2) is 36.9 Å². The van der Waals surface area contributed by atoms with E-state index in [1.54, 1.807) is 6.92 Å². The molecule has 8 nitrogen and oxygen atoms in total. The zero-order valence-corrected chi connectivity index (χ0v) is 22.6. The molecule has 4 atom stereocenters. The van der Waals surface area contributed by atoms with Crippen molar-refractivity contribution >= 4 is 44.9 Å². The maximum Gasteiger partial charge on any atom is 0.408 e. The van der Waals surface area contributed by atoms with Gasteiger partial charge in [-0.15, -0.1) is 6.42 Å². The highest BCUT2D eigenvalue weighted by Crippen LogP contribution is 2.30. The van der Waals surface area contributed by atoms with Crippen molar-refractivity contribution in [2.24, 2.45) is 0 Å². The molecule has 10 heteroatoms. The van der Waals surface area contributed by atoms with E-state index in [0.717, 1.165) is 24.8 Å². The number of aryl methyl sites for hydroxylation is 1. The minimum Gasteiger partial charge on any atom is -0.445 e. The van der Waals surface area contributed by atoms with E-state index in [4.69, 9.17) is 15.9 Å². The normalized spacial score (nSPS) is 19.2. The third-order valence-electron chi connectivity index (χ3n) is 6.30. The van der Waals surface area contributed by atoms with E-state index in [1.807, 2.05) is 12.1 Å². The highest BCUT2D eigenvalue weighted by molar-refractivity contribution is 7.59. The zero-order chi connectivity index (χ0) is 24.5. The van der Waals surface area contributed by atoms with E-state index in [0.29, 0.717) is 19.4 Å². The van der Waals surface area contributed by atoms with Gasteiger partial charge in [-0.25, -0.2) is 4.79 Å². The molecule has 2 N–H and O–H groups in total. The molecule has 2 aliphatic rings. The Hall–Kier alpha value is -2.61. The molecule has 206 valence electrons. The SMILES string of the molecule is C.C#CCO[C@H](C)[C@H](NC(=O)OCC=C)C(=O)N1CCC[C@H]1C(=O)N[C@@H]1CCCc2ccccc21.S.S. The fourth-order valence-corrected chi connectivity index (χ4v) is 4.61. The summed E-state index contributed by atoms with van der Waals surface area (Å²) in [4.78, 5) is 40.5. The van der Waals surface area contributed by atoms with Crippen LogP contribution in [0.25, 0.3) is 0 Å². The number of terminal acetylenes is 1. The quantitative estimate of drug-likeness (QED) is 0.363. The zero-order valence-electron chi connectivity index (χ0n) is 20.6. The van der Waals surface area contributed by atoms with Gasteiger partial charge in [0.1, 0.15) is 25.3 Å². The summed E-state index contributed by atoms with van der Waals surface area (Å²) < 4.78 is 10.5. The van der Waals surface area contributed by atoms with E-state index >= 15 is 0 Å². The number of alkyl carbamates (subject to hydrolysis) is 1. The summed E-state index contributed by atoms with van der Waals surface area (Å²) in [5.74, 6) is 1.78. The molecule has 0 aromatic heterocycles. The van der Waals surface area contributed by atoms with E-state index in [9.17, 15) is 14.4 Å². The van der Waals surface area contributed by atoms with Gasteiger partial charge in [0.15, 0.2) is 0 Å². The summed E-state index contributed by atoms with van der Waals surface area (Å²) in [6, 6.07) is 6.40. The lowest BCUT2D eigenvalue weighted by molar-refractivity contribution is -0.142. The Morgan fingerprint density at radius 3 is 2.68 bits per heavy atom. The number of nitrogens with one attached hydrogen (secondary N) is 2. The molecule has 1 aliphatic heterocycles. The van der Waals surface area contributed by atoms with Gasteiger partial charge in [0, 0.05) is 6.54 Å². The second-order valence-electron chi connectivity index (χ2n) is 8.57. The van der Waals surface area contributed by atoms with E-state index < -0.39 is 30.2 Å². The molecule has 1 fully saturated rings. The first-order chi connectivity index (χ1) is 16.5. The standard InChI is InChI=1S/C26H33N3O5.CH4.2H2S/c1-4-16-33-18(3)23(28-26(32)34-17-5-2)25(31)29-15-9-14-22(29)24(30)27-21-13-8-11-19-10-6-7-12-20(19)21;;;/h1,5-7,10,12,18,21-23H,2,8-9,11,13-17H2,3H3,(H,27,30)(H,28,32);1H4;2*1H2/t18-,21-,22+,23+;;;/m1.../s1. The molecule has 0 saturated carbocycles. The number of hydrogen-bond acceptors (Lipinski definition) is 5. The third kappa shape index (κ3) is 9.02. The van der Waals surface area contributed by atoms with E-state index in [1.165, 1.54) is 16.5 Å². The van der Waals surface area contributed by atoms with Gasteiger partial charge in [-0.2, -0.15) is 27.0 Å². The number of benzene rings is 1. The van der Waals surface area contributed by atoms with Gasteiger partial charge in [0.05, 0.1) is 12.1 Å². The number of rotatable bonds is 9. The molecule has 37 heavy (non-hydrogen) atoms. The van der Waals surface area contributed by atoms with Crippen LogP contribution in [0.4, 0.5) is 4.79 Å². The van der Waals surface area contributed by atoms with Crippen LogP contribution in [0.3, 0.4) is 0 Å². The van der Waals surface area contributed by atoms with Crippen LogP contribution in [-0.4, -0.2) is 60.8 Å². The van der Waals surface area contributed by atoms with Gasteiger partial charge in [-0.05, 0) is 50.2 Å². The van der Waals surface area contributed by atoms with Crippen molar-refractivity contribution in [3.63, 3.8) is 0 Å². The average molecular weight is 552 g/mol. The molecule has 0 bridgehead atoms. The minimum absolute atomic E-state index is 0. The number of ether oxygens (including phenoxy) is 2. The van der Waals surface area contributed by atoms with Crippen LogP contribution in [0, 0.1) is 12.3 Å². The summed E-state index contributed by atoms with van der Waals surface area (Å²) in [5.41, 5.74) is 2.39. The molecule has 3 amide bonds. The fourth-order valence-electron chi connectivity index (χ4n) is 4.61. The number of likely N-dealkylation sites (tertiary alicyclic amines) is 1. The number of nitrogens with zero attached hydrogens (tertiary/aromatic N) is 1. The van der Waals surface area contributed by atoms with Crippen LogP contribution >= 0.6 is 27.0 Å². The molecule has 1 aromatic carbocycles. The van der Waals surface area contributed by atoms with Crippen molar-refractivity contribution < 1.29 is 23.9 Å². The van der Waals surface area contributed by atoms with Gasteiger partial charge in [0.2, 0.25) is 11.8 Å². The molecule has 1 aromatic rings. The molecular weight excluding hydrogens is 510 g/mol. The average Bonchev–Trinajstić information content (AvgIpc) is 3.34. The van der Waals surface area contributed by atoms with E-state index in [-0.39, 0.29) is 59.6 Å². The third-order valence-corrected chi connectivity index (χ3v) is 6.30. The van der Waals surface area contributed by atoms with Crippen LogP contribution in [0.2, 0.25) is 0 Å². The number of amides is 3. The molecule has 3 rings (SSSR count). The number of hydrogen-bond donors (Lipinski definition) is 2. The Labute approximate surface area is 234 Å². The fraction of sp³-hybridized carbons (Fsp3) is 0.519. The summed E-state index contributed by atoms with van der Waals surface area (Å²) in [5, 5.41) is 5.72. The van der Waals surface area contributed by atoms with Crippen molar-refractivity contribution in [1.82, 2.24) is 15.5 Å². The molecule has 1 saturated heterocycles. The Morgan fingerprint density at radius 1 is 1.24 bits per heavy atom. The summed E-state index contributed by atoms with van der Waals surface area (Å²) in [6.07, 6.45) is 9.33. The number of carbonyl (C=O) groups excluding carboxylic acids is 3. The second kappa shape index (κ2) is 17.0. The van der Waals surface area contributed by atoms with E-state index in [2.05, 4.69) is 35.3 Å². The van der Waals surface area contributed by atoms with Gasteiger partial charge >= 0.3 is 6.09 Å². The predicted molar refractivity (Wildman–Crippen MR) is 155 cm³/mol. The first-order valence-electron chi connectivity index (χ1n) is 11.7. The summed E-state index contributed by atoms with van der Waals surface area (Å²) >= 11 is 0. The predicted octanol–water partition coefficient (Wildman–Crippen LogP) is 3.35. The maximum absolute atomic E-state index is 13.5. The molecule has 0 spiro atoms. The highest BCUT2D eigenvalue weighted by atomic mass is 32.1. The summed E-state index contributed by atoms with van der Waals surface area (Å²) in [7, 11) is 0. The minimum atomic E-state index is -1.05. The lowest BCUT2D eigenvalue weighted by Crippen LogP contribution is -2.57. The van der Waals surface area contributed by atoms with Gasteiger partial charge < -0.3 is 25.0 Å². The Bertz CT molecular complexity index is 952. The van der Waals surface area contributed by atoms with Crippen LogP contribution < -0.4 is 10.6 Å². The molecule has 0 unspecified atom stereocenters. The first-order valence-corrected chi connectivity index (χ1v) is 11.7. The monoisotopic (exact) mass is 551 g/mol. The number of carbonyl (C=O) groups is 3. The Balaban J connectivity index is 0.00000432. The van der Waals surface area contributed by atoms with Crippen molar-refractivity contribution in [3.8, 4) is 12.3 Å². The smallest absolute Gasteiger partial charge is 0.408 e. The first kappa shape index (κ1) is 34.4. The molecule has 1 aliphatic carbocycles. The van der Waals surface area contributed by atoms with Gasteiger partial charge in [-0.1, -0.05) is 50.3 Å². The second-order valence-corrected chi connectivity index (χ2v) is 8.57. The van der Waals surface area contributed by atoms with Gasteiger partial charge in [-0.3, -0.25) is 9.59 Å². The summed E-state index contributed by atoms with van der Waals surface area (Å²) in [6.45, 7) is 5.56. The van der Waals surface area contributed by atoms with Crippen LogP contribution in [-0.2, 0) is 25.5 Å². The van der Waals surface area contributed by atoms with Crippen molar-refractivity contribution in [3.05, 3.63) is 48.0 Å². The highest BCUT2D eigenvalue weighted by Gasteiger charge is 2.40. The van der Waals surface area contributed by atoms with Crippen LogP contribution in [0.5, 0.6) is 0 Å². The van der Waals surface area contributed by atoms with Crippen molar-refractivity contribution in [1.29, 1.82) is 0 Å². The molecular formula is C27H41N3O5S2. The Morgan fingerprint density at radius 2 is 1.97 bits per heavy atom. The molecule has 0 radical (unpaired) electrons. The largest absolute Gasteiger partial charge is 0.445 e. The lowest BCUT2D eigenvalue weighted by Gasteiger charge is -2.32.